The molecular formula is C15H10BrNO4. The summed E-state index contributed by atoms with van der Waals surface area (Å²) in [6.07, 6.45) is 0. The lowest BCUT2D eigenvalue weighted by Gasteiger charge is -2.07. The molecular weight excluding hydrogens is 338 g/mol. The molecule has 1 aliphatic heterocycles. The fraction of sp³-hybridized carbons (Fsp3) is 0.133. The van der Waals surface area contributed by atoms with Crippen LogP contribution >= 0.6 is 15.9 Å². The number of hydrogen-bond acceptors (Lipinski definition) is 4. The van der Waals surface area contributed by atoms with E-state index in [0.29, 0.717) is 23.6 Å². The molecule has 3 aromatic rings. The number of aromatic nitrogens is 1. The van der Waals surface area contributed by atoms with E-state index >= 15 is 0 Å². The molecule has 0 bridgehead atoms. The van der Waals surface area contributed by atoms with Gasteiger partial charge in [-0.3, -0.25) is 4.57 Å². The Morgan fingerprint density at radius 3 is 2.76 bits per heavy atom. The summed E-state index contributed by atoms with van der Waals surface area (Å²) in [5.74, 6) is 1.02. The molecule has 106 valence electrons. The molecule has 0 atom stereocenters. The number of ether oxygens (including phenoxy) is 2. The van der Waals surface area contributed by atoms with Crippen molar-refractivity contribution in [3.05, 3.63) is 57.0 Å². The van der Waals surface area contributed by atoms with Gasteiger partial charge in [0, 0.05) is 4.47 Å². The number of oxazole rings is 1. The molecule has 21 heavy (non-hydrogen) atoms. The van der Waals surface area contributed by atoms with E-state index in [2.05, 4.69) is 15.9 Å². The zero-order chi connectivity index (χ0) is 14.4. The number of hydrogen-bond donors (Lipinski definition) is 0. The van der Waals surface area contributed by atoms with Crippen molar-refractivity contribution in [1.29, 1.82) is 0 Å². The predicted molar refractivity (Wildman–Crippen MR) is 79.8 cm³/mol. The summed E-state index contributed by atoms with van der Waals surface area (Å²) in [4.78, 5) is 12.0. The van der Waals surface area contributed by atoms with Crippen molar-refractivity contribution in [2.75, 3.05) is 6.79 Å². The van der Waals surface area contributed by atoms with Crippen LogP contribution in [0.2, 0.25) is 0 Å². The van der Waals surface area contributed by atoms with Crippen LogP contribution in [-0.2, 0) is 6.54 Å². The van der Waals surface area contributed by atoms with E-state index in [1.807, 2.05) is 30.3 Å². The van der Waals surface area contributed by atoms with Crippen LogP contribution in [0.3, 0.4) is 0 Å². The normalized spacial score (nSPS) is 13.0. The summed E-state index contributed by atoms with van der Waals surface area (Å²) in [5.41, 5.74) is 2.28. The van der Waals surface area contributed by atoms with Gasteiger partial charge in [-0.1, -0.05) is 28.1 Å². The number of rotatable bonds is 2. The summed E-state index contributed by atoms with van der Waals surface area (Å²) in [5, 5.41) is 0. The average Bonchev–Trinajstić information content (AvgIpc) is 3.04. The van der Waals surface area contributed by atoms with Gasteiger partial charge in [0.1, 0.15) is 0 Å². The lowest BCUT2D eigenvalue weighted by Crippen LogP contribution is -2.15. The molecule has 0 fully saturated rings. The quantitative estimate of drug-likeness (QED) is 0.714. The first-order chi connectivity index (χ1) is 10.2. The Morgan fingerprint density at radius 2 is 1.90 bits per heavy atom. The molecule has 5 nitrogen and oxygen atoms in total. The van der Waals surface area contributed by atoms with Crippen molar-refractivity contribution >= 4 is 27.0 Å². The first-order valence-electron chi connectivity index (χ1n) is 6.39. The number of fused-ring (bicyclic) bond motifs is 2. The average molecular weight is 348 g/mol. The first-order valence-corrected chi connectivity index (χ1v) is 7.18. The molecule has 0 unspecified atom stereocenters. The Bertz CT molecular complexity index is 896. The minimum absolute atomic E-state index is 0.222. The third kappa shape index (κ3) is 2.03. The third-order valence-electron chi connectivity index (χ3n) is 3.44. The zero-order valence-electron chi connectivity index (χ0n) is 10.8. The van der Waals surface area contributed by atoms with Gasteiger partial charge < -0.3 is 13.9 Å². The van der Waals surface area contributed by atoms with Gasteiger partial charge in [-0.25, -0.2) is 4.79 Å². The lowest BCUT2D eigenvalue weighted by atomic mass is 10.2. The van der Waals surface area contributed by atoms with E-state index in [0.717, 1.165) is 15.6 Å². The van der Waals surface area contributed by atoms with Crippen molar-refractivity contribution in [2.45, 2.75) is 6.54 Å². The molecule has 2 aromatic carbocycles. The summed E-state index contributed by atoms with van der Waals surface area (Å²) < 4.78 is 18.4. The minimum Gasteiger partial charge on any atom is -0.454 e. The Balaban J connectivity index is 1.82. The van der Waals surface area contributed by atoms with E-state index in [9.17, 15) is 4.79 Å². The van der Waals surface area contributed by atoms with Gasteiger partial charge in [-0.15, -0.1) is 0 Å². The van der Waals surface area contributed by atoms with Crippen LogP contribution in [0.25, 0.3) is 11.1 Å². The van der Waals surface area contributed by atoms with Crippen molar-refractivity contribution in [2.24, 2.45) is 0 Å². The first kappa shape index (κ1) is 12.5. The van der Waals surface area contributed by atoms with Gasteiger partial charge in [-0.05, 0) is 29.8 Å². The maximum atomic E-state index is 12.0. The van der Waals surface area contributed by atoms with Gasteiger partial charge in [0.2, 0.25) is 6.79 Å². The van der Waals surface area contributed by atoms with Crippen LogP contribution in [0.4, 0.5) is 0 Å². The third-order valence-corrected chi connectivity index (χ3v) is 4.18. The van der Waals surface area contributed by atoms with Gasteiger partial charge in [0.05, 0.1) is 12.1 Å². The monoisotopic (exact) mass is 347 g/mol. The van der Waals surface area contributed by atoms with E-state index < -0.39 is 0 Å². The molecule has 0 N–H and O–H groups in total. The molecule has 0 amide bonds. The van der Waals surface area contributed by atoms with Gasteiger partial charge >= 0.3 is 5.76 Å². The SMILES string of the molecule is O=c1oc2ccccc2n1Cc1cc2c(cc1Br)OCO2. The van der Waals surface area contributed by atoms with Crippen LogP contribution in [0.5, 0.6) is 11.5 Å². The number of halogens is 1. The molecule has 0 saturated heterocycles. The van der Waals surface area contributed by atoms with Crippen molar-refractivity contribution in [3.63, 3.8) is 0 Å². The topological polar surface area (TPSA) is 53.6 Å². The fourth-order valence-electron chi connectivity index (χ4n) is 2.41. The number of nitrogens with zero attached hydrogens (tertiary/aromatic N) is 1. The second-order valence-corrected chi connectivity index (χ2v) is 5.57. The molecule has 0 radical (unpaired) electrons. The highest BCUT2D eigenvalue weighted by molar-refractivity contribution is 9.10. The highest BCUT2D eigenvalue weighted by Crippen LogP contribution is 2.37. The van der Waals surface area contributed by atoms with Gasteiger partial charge in [-0.2, -0.15) is 0 Å². The summed E-state index contributed by atoms with van der Waals surface area (Å²) in [6, 6.07) is 11.1. The molecule has 0 aliphatic carbocycles. The van der Waals surface area contributed by atoms with E-state index in [1.165, 1.54) is 0 Å². The Hall–Kier alpha value is -2.21. The van der Waals surface area contributed by atoms with Crippen LogP contribution < -0.4 is 15.2 Å². The molecule has 0 saturated carbocycles. The molecule has 6 heteroatoms. The summed E-state index contributed by atoms with van der Waals surface area (Å²) in [7, 11) is 0. The fourth-order valence-corrected chi connectivity index (χ4v) is 2.86. The smallest absolute Gasteiger partial charge is 0.420 e. The molecule has 0 spiro atoms. The Labute approximate surface area is 127 Å². The molecule has 4 rings (SSSR count). The molecule has 1 aliphatic rings. The van der Waals surface area contributed by atoms with Crippen LogP contribution in [-0.4, -0.2) is 11.4 Å². The largest absolute Gasteiger partial charge is 0.454 e. The Morgan fingerprint density at radius 1 is 1.14 bits per heavy atom. The maximum absolute atomic E-state index is 12.0. The van der Waals surface area contributed by atoms with Crippen LogP contribution in [0.1, 0.15) is 5.56 Å². The summed E-state index contributed by atoms with van der Waals surface area (Å²) in [6.45, 7) is 0.618. The molecule has 2 heterocycles. The molecule has 1 aromatic heterocycles. The van der Waals surface area contributed by atoms with Crippen LogP contribution in [0.15, 0.2) is 50.1 Å². The van der Waals surface area contributed by atoms with Crippen molar-refractivity contribution in [3.8, 4) is 11.5 Å². The van der Waals surface area contributed by atoms with E-state index in [-0.39, 0.29) is 12.5 Å². The maximum Gasteiger partial charge on any atom is 0.420 e. The van der Waals surface area contributed by atoms with Crippen molar-refractivity contribution in [1.82, 2.24) is 4.57 Å². The Kier molecular flexibility index (Phi) is 2.78. The lowest BCUT2D eigenvalue weighted by molar-refractivity contribution is 0.174. The standard InChI is InChI=1S/C15H10BrNO4/c16-10-6-14-13(19-8-20-14)5-9(10)7-17-11-3-1-2-4-12(11)21-15(17)18/h1-6H,7-8H2. The second-order valence-electron chi connectivity index (χ2n) is 4.72. The van der Waals surface area contributed by atoms with E-state index in [4.69, 9.17) is 13.9 Å². The van der Waals surface area contributed by atoms with Gasteiger partial charge in [0.25, 0.3) is 0 Å². The van der Waals surface area contributed by atoms with Gasteiger partial charge in [0.15, 0.2) is 17.1 Å². The van der Waals surface area contributed by atoms with Crippen LogP contribution in [0, 0.1) is 0 Å². The minimum atomic E-state index is -0.374. The zero-order valence-corrected chi connectivity index (χ0v) is 12.4. The highest BCUT2D eigenvalue weighted by Gasteiger charge is 2.18. The summed E-state index contributed by atoms with van der Waals surface area (Å²) >= 11 is 3.50. The highest BCUT2D eigenvalue weighted by atomic mass is 79.9. The second kappa shape index (κ2) is 4.66. The van der Waals surface area contributed by atoms with E-state index in [1.54, 1.807) is 10.6 Å². The number of benzene rings is 2. The predicted octanol–water partition coefficient (Wildman–Crippen LogP) is 3.13. The number of para-hydroxylation sites is 2. The van der Waals surface area contributed by atoms with Crippen molar-refractivity contribution < 1.29 is 13.9 Å².